The molecule has 0 fully saturated rings. The smallest absolute Gasteiger partial charge is 0.260 e. The summed E-state index contributed by atoms with van der Waals surface area (Å²) in [5.41, 5.74) is 2.66. The number of carbonyl (C=O) groups is 1. The minimum atomic E-state index is -0.0352. The number of thiazole rings is 1. The Labute approximate surface area is 156 Å². The first kappa shape index (κ1) is 17.9. The molecule has 1 amide bonds. The van der Waals surface area contributed by atoms with Crippen molar-refractivity contribution in [3.63, 3.8) is 0 Å². The summed E-state index contributed by atoms with van der Waals surface area (Å²) in [6, 6.07) is 13.2. The summed E-state index contributed by atoms with van der Waals surface area (Å²) in [4.78, 5) is 21.5. The molecule has 25 heavy (non-hydrogen) atoms. The first-order valence-corrected chi connectivity index (χ1v) is 9.23. The van der Waals surface area contributed by atoms with Crippen molar-refractivity contribution >= 4 is 44.2 Å². The average Bonchev–Trinajstić information content (AvgIpc) is 2.98. The fraction of sp³-hybridized carbons (Fsp3) is 0.263. The monoisotopic (exact) mass is 373 g/mol. The van der Waals surface area contributed by atoms with E-state index < -0.39 is 0 Å². The lowest BCUT2D eigenvalue weighted by Crippen LogP contribution is -2.36. The highest BCUT2D eigenvalue weighted by atomic mass is 35.5. The number of carbonyl (C=O) groups excluding carboxylic acids is 1. The molecule has 0 unspecified atom stereocenters. The molecule has 130 valence electrons. The summed E-state index contributed by atoms with van der Waals surface area (Å²) in [7, 11) is 3.99. The van der Waals surface area contributed by atoms with Gasteiger partial charge in [0.15, 0.2) is 5.13 Å². The number of amides is 1. The average molecular weight is 374 g/mol. The summed E-state index contributed by atoms with van der Waals surface area (Å²) in [5.74, 6) is -0.0352. The van der Waals surface area contributed by atoms with Crippen molar-refractivity contribution in [3.8, 4) is 0 Å². The van der Waals surface area contributed by atoms with Gasteiger partial charge in [0.25, 0.3) is 5.91 Å². The van der Waals surface area contributed by atoms with Crippen LogP contribution in [-0.2, 0) is 0 Å². The molecule has 6 heteroatoms. The number of nitrogens with zero attached hydrogens (tertiary/aromatic N) is 3. The molecule has 0 spiro atoms. The van der Waals surface area contributed by atoms with E-state index in [0.29, 0.717) is 22.3 Å². The molecule has 3 aromatic rings. The molecule has 0 aliphatic heterocycles. The SMILES string of the molecule is Cc1ccc(C(=O)N(CCN(C)C)c2nc3ccc(Cl)cc3s2)cc1. The van der Waals surface area contributed by atoms with E-state index in [0.717, 1.165) is 22.3 Å². The van der Waals surface area contributed by atoms with Gasteiger partial charge in [0.2, 0.25) is 0 Å². The van der Waals surface area contributed by atoms with Crippen LogP contribution in [0.5, 0.6) is 0 Å². The summed E-state index contributed by atoms with van der Waals surface area (Å²) >= 11 is 7.56. The highest BCUT2D eigenvalue weighted by Gasteiger charge is 2.21. The minimum absolute atomic E-state index is 0.0352. The number of hydrogen-bond donors (Lipinski definition) is 0. The number of likely N-dealkylation sites (N-methyl/N-ethyl adjacent to an activating group) is 1. The molecule has 2 aromatic carbocycles. The van der Waals surface area contributed by atoms with Gasteiger partial charge in [-0.3, -0.25) is 9.69 Å². The molecule has 3 rings (SSSR count). The van der Waals surface area contributed by atoms with Crippen LogP contribution in [0.3, 0.4) is 0 Å². The number of aryl methyl sites for hydroxylation is 1. The highest BCUT2D eigenvalue weighted by Crippen LogP contribution is 2.31. The number of anilines is 1. The van der Waals surface area contributed by atoms with Crippen LogP contribution < -0.4 is 4.90 Å². The minimum Gasteiger partial charge on any atom is -0.308 e. The summed E-state index contributed by atoms with van der Waals surface area (Å²) in [6.45, 7) is 3.34. The topological polar surface area (TPSA) is 36.4 Å². The third kappa shape index (κ3) is 4.18. The van der Waals surface area contributed by atoms with Crippen LogP contribution in [0.15, 0.2) is 42.5 Å². The standard InChI is InChI=1S/C19H20ClN3OS/c1-13-4-6-14(7-5-13)18(24)23(11-10-22(2)3)19-21-16-9-8-15(20)12-17(16)25-19/h4-9,12H,10-11H2,1-3H3. The van der Waals surface area contributed by atoms with Gasteiger partial charge in [0, 0.05) is 23.7 Å². The number of aromatic nitrogens is 1. The third-order valence-corrected chi connectivity index (χ3v) is 5.16. The van der Waals surface area contributed by atoms with Crippen LogP contribution in [0.4, 0.5) is 5.13 Å². The van der Waals surface area contributed by atoms with Crippen LogP contribution >= 0.6 is 22.9 Å². The number of fused-ring (bicyclic) bond motifs is 1. The maximum Gasteiger partial charge on any atom is 0.260 e. The normalized spacial score (nSPS) is 11.2. The molecule has 0 aliphatic rings. The fourth-order valence-corrected chi connectivity index (χ4v) is 3.70. The lowest BCUT2D eigenvalue weighted by Gasteiger charge is -2.22. The number of benzene rings is 2. The molecule has 0 atom stereocenters. The second-order valence-corrected chi connectivity index (χ2v) is 7.68. The van der Waals surface area contributed by atoms with Gasteiger partial charge in [0.05, 0.1) is 10.2 Å². The van der Waals surface area contributed by atoms with Crippen molar-refractivity contribution in [1.29, 1.82) is 0 Å². The van der Waals surface area contributed by atoms with E-state index in [-0.39, 0.29) is 5.91 Å². The Bertz CT molecular complexity index is 889. The fourth-order valence-electron chi connectivity index (χ4n) is 2.44. The maximum atomic E-state index is 13.1. The highest BCUT2D eigenvalue weighted by molar-refractivity contribution is 7.22. The summed E-state index contributed by atoms with van der Waals surface area (Å²) < 4.78 is 0.981. The van der Waals surface area contributed by atoms with Gasteiger partial charge < -0.3 is 4.90 Å². The second kappa shape index (κ2) is 7.52. The zero-order valence-electron chi connectivity index (χ0n) is 14.5. The van der Waals surface area contributed by atoms with Crippen molar-refractivity contribution in [3.05, 3.63) is 58.6 Å². The molecule has 0 N–H and O–H groups in total. The van der Waals surface area contributed by atoms with Crippen LogP contribution in [0, 0.1) is 6.92 Å². The molecule has 1 aromatic heterocycles. The van der Waals surface area contributed by atoms with E-state index in [4.69, 9.17) is 11.6 Å². The molecule has 1 heterocycles. The molecule has 0 saturated carbocycles. The van der Waals surface area contributed by atoms with E-state index in [9.17, 15) is 4.79 Å². The van der Waals surface area contributed by atoms with Crippen molar-refractivity contribution in [2.45, 2.75) is 6.92 Å². The summed E-state index contributed by atoms with van der Waals surface area (Å²) in [5, 5.41) is 1.37. The lowest BCUT2D eigenvalue weighted by atomic mass is 10.1. The van der Waals surface area contributed by atoms with Gasteiger partial charge >= 0.3 is 0 Å². The van der Waals surface area contributed by atoms with Gasteiger partial charge in [-0.15, -0.1) is 0 Å². The predicted molar refractivity (Wildman–Crippen MR) is 106 cm³/mol. The Hall–Kier alpha value is -1.95. The van der Waals surface area contributed by atoms with Crippen LogP contribution in [0.25, 0.3) is 10.2 Å². The number of halogens is 1. The third-order valence-electron chi connectivity index (χ3n) is 3.88. The van der Waals surface area contributed by atoms with Gasteiger partial charge in [-0.2, -0.15) is 0 Å². The maximum absolute atomic E-state index is 13.1. The van der Waals surface area contributed by atoms with Crippen LogP contribution in [-0.4, -0.2) is 43.0 Å². The Kier molecular flexibility index (Phi) is 5.37. The largest absolute Gasteiger partial charge is 0.308 e. The zero-order chi connectivity index (χ0) is 18.0. The van der Waals surface area contributed by atoms with Crippen molar-refractivity contribution in [2.75, 3.05) is 32.1 Å². The number of rotatable bonds is 5. The van der Waals surface area contributed by atoms with E-state index in [1.54, 1.807) is 4.90 Å². The molecule has 0 saturated heterocycles. The van der Waals surface area contributed by atoms with Crippen LogP contribution in [0.2, 0.25) is 5.02 Å². The Balaban J connectivity index is 1.97. The molecular weight excluding hydrogens is 354 g/mol. The van der Waals surface area contributed by atoms with Gasteiger partial charge in [0.1, 0.15) is 0 Å². The first-order valence-electron chi connectivity index (χ1n) is 8.03. The van der Waals surface area contributed by atoms with Gasteiger partial charge in [-0.25, -0.2) is 4.98 Å². The quantitative estimate of drug-likeness (QED) is 0.662. The van der Waals surface area contributed by atoms with Gasteiger partial charge in [-0.05, 0) is 51.4 Å². The van der Waals surface area contributed by atoms with Crippen LogP contribution in [0.1, 0.15) is 15.9 Å². The Morgan fingerprint density at radius 2 is 1.84 bits per heavy atom. The molecule has 0 bridgehead atoms. The van der Waals surface area contributed by atoms with Crippen molar-refractivity contribution in [2.24, 2.45) is 0 Å². The summed E-state index contributed by atoms with van der Waals surface area (Å²) in [6.07, 6.45) is 0. The number of hydrogen-bond acceptors (Lipinski definition) is 4. The Morgan fingerprint density at radius 1 is 1.12 bits per heavy atom. The zero-order valence-corrected chi connectivity index (χ0v) is 16.1. The second-order valence-electron chi connectivity index (χ2n) is 6.23. The first-order chi connectivity index (χ1) is 11.9. The van der Waals surface area contributed by atoms with E-state index in [1.165, 1.54) is 11.3 Å². The van der Waals surface area contributed by atoms with Gasteiger partial charge in [-0.1, -0.05) is 40.6 Å². The van der Waals surface area contributed by atoms with E-state index in [2.05, 4.69) is 9.88 Å². The molecule has 0 radical (unpaired) electrons. The van der Waals surface area contributed by atoms with Crippen molar-refractivity contribution in [1.82, 2.24) is 9.88 Å². The van der Waals surface area contributed by atoms with E-state index in [1.807, 2.05) is 63.5 Å². The Morgan fingerprint density at radius 3 is 2.52 bits per heavy atom. The molecule has 0 aliphatic carbocycles. The molecule has 4 nitrogen and oxygen atoms in total. The van der Waals surface area contributed by atoms with Crippen molar-refractivity contribution < 1.29 is 4.79 Å². The molecular formula is C19H20ClN3OS. The van der Waals surface area contributed by atoms with E-state index >= 15 is 0 Å². The lowest BCUT2D eigenvalue weighted by molar-refractivity contribution is 0.0985. The predicted octanol–water partition coefficient (Wildman–Crippen LogP) is 4.47.